The Hall–Kier alpha value is -0.890. The Bertz CT molecular complexity index is 372. The zero-order chi connectivity index (χ0) is 10.9. The number of carbonyl (C=O) groups is 1. The van der Waals surface area contributed by atoms with Crippen LogP contribution in [-0.4, -0.2) is 5.78 Å². The van der Waals surface area contributed by atoms with Crippen LogP contribution < -0.4 is 0 Å². The minimum atomic E-state index is -0.465. The van der Waals surface area contributed by atoms with Gasteiger partial charge in [-0.25, -0.2) is 4.39 Å². The van der Waals surface area contributed by atoms with Crippen LogP contribution in [0, 0.1) is 18.7 Å². The van der Waals surface area contributed by atoms with Gasteiger partial charge in [-0.05, 0) is 24.6 Å². The Balaban J connectivity index is 3.27. The molecule has 0 aromatic heterocycles. The fourth-order valence-electron chi connectivity index (χ4n) is 1.22. The van der Waals surface area contributed by atoms with Gasteiger partial charge in [-0.15, -0.1) is 0 Å². The highest BCUT2D eigenvalue weighted by Crippen LogP contribution is 2.21. The normalized spacial score (nSPS) is 10.7. The molecule has 0 fully saturated rings. The molecule has 1 rings (SSSR count). The molecule has 1 aromatic carbocycles. The van der Waals surface area contributed by atoms with Crippen molar-refractivity contribution in [3.63, 3.8) is 0 Å². The van der Waals surface area contributed by atoms with Crippen molar-refractivity contribution in [2.75, 3.05) is 0 Å². The van der Waals surface area contributed by atoms with Gasteiger partial charge in [0.1, 0.15) is 5.82 Å². The Morgan fingerprint density at radius 2 is 2.00 bits per heavy atom. The van der Waals surface area contributed by atoms with Crippen molar-refractivity contribution in [1.82, 2.24) is 0 Å². The summed E-state index contributed by atoms with van der Waals surface area (Å²) in [5.74, 6) is -0.899. The van der Waals surface area contributed by atoms with E-state index in [9.17, 15) is 9.18 Å². The fraction of sp³-hybridized carbons (Fsp3) is 0.364. The van der Waals surface area contributed by atoms with Gasteiger partial charge in [-0.3, -0.25) is 4.79 Å². The first-order valence-electron chi connectivity index (χ1n) is 4.43. The first-order chi connectivity index (χ1) is 6.43. The van der Waals surface area contributed by atoms with E-state index in [1.807, 2.05) is 0 Å². The van der Waals surface area contributed by atoms with Crippen molar-refractivity contribution >= 4 is 17.4 Å². The highest BCUT2D eigenvalue weighted by Gasteiger charge is 2.17. The SMILES string of the molecule is Cc1cc(Cl)cc(C(=O)C(C)C)c1F. The maximum Gasteiger partial charge on any atom is 0.168 e. The van der Waals surface area contributed by atoms with E-state index < -0.39 is 5.82 Å². The van der Waals surface area contributed by atoms with E-state index in [1.165, 1.54) is 12.1 Å². The lowest BCUT2D eigenvalue weighted by atomic mass is 9.99. The van der Waals surface area contributed by atoms with Crippen LogP contribution in [0.2, 0.25) is 5.02 Å². The molecule has 0 heterocycles. The molecule has 0 spiro atoms. The van der Waals surface area contributed by atoms with Gasteiger partial charge in [0.05, 0.1) is 5.56 Å². The zero-order valence-corrected chi connectivity index (χ0v) is 9.15. The van der Waals surface area contributed by atoms with Gasteiger partial charge in [-0.1, -0.05) is 25.4 Å². The molecule has 76 valence electrons. The summed E-state index contributed by atoms with van der Waals surface area (Å²) in [5, 5.41) is 0.396. The van der Waals surface area contributed by atoms with Crippen LogP contribution in [0.5, 0.6) is 0 Å². The van der Waals surface area contributed by atoms with Crippen LogP contribution >= 0.6 is 11.6 Å². The number of hydrogen-bond donors (Lipinski definition) is 0. The molecule has 0 saturated carbocycles. The number of aryl methyl sites for hydroxylation is 1. The van der Waals surface area contributed by atoms with Crippen molar-refractivity contribution in [3.8, 4) is 0 Å². The van der Waals surface area contributed by atoms with Crippen LogP contribution in [0.4, 0.5) is 4.39 Å². The number of Topliss-reactive ketones (excluding diaryl/α,β-unsaturated/α-hetero) is 1. The van der Waals surface area contributed by atoms with Gasteiger partial charge >= 0.3 is 0 Å². The van der Waals surface area contributed by atoms with Crippen molar-refractivity contribution in [3.05, 3.63) is 34.1 Å². The minimum absolute atomic E-state index is 0.0880. The van der Waals surface area contributed by atoms with E-state index in [2.05, 4.69) is 0 Å². The number of benzene rings is 1. The Kier molecular flexibility index (Phi) is 3.27. The van der Waals surface area contributed by atoms with Crippen molar-refractivity contribution in [2.24, 2.45) is 5.92 Å². The number of ketones is 1. The van der Waals surface area contributed by atoms with Gasteiger partial charge in [-0.2, -0.15) is 0 Å². The van der Waals surface area contributed by atoms with Gasteiger partial charge in [0.2, 0.25) is 0 Å². The largest absolute Gasteiger partial charge is 0.294 e. The van der Waals surface area contributed by atoms with Crippen molar-refractivity contribution in [1.29, 1.82) is 0 Å². The lowest BCUT2D eigenvalue weighted by Gasteiger charge is -2.07. The molecule has 0 bridgehead atoms. The van der Waals surface area contributed by atoms with E-state index in [0.717, 1.165) is 0 Å². The third-order valence-corrected chi connectivity index (χ3v) is 2.23. The van der Waals surface area contributed by atoms with E-state index in [4.69, 9.17) is 11.6 Å². The molecule has 0 amide bonds. The number of halogens is 2. The van der Waals surface area contributed by atoms with Crippen LogP contribution in [0.3, 0.4) is 0 Å². The van der Waals surface area contributed by atoms with E-state index in [1.54, 1.807) is 20.8 Å². The summed E-state index contributed by atoms with van der Waals surface area (Å²) in [4.78, 5) is 11.6. The van der Waals surface area contributed by atoms with Gasteiger partial charge in [0, 0.05) is 10.9 Å². The average molecular weight is 215 g/mol. The lowest BCUT2D eigenvalue weighted by molar-refractivity contribution is 0.0935. The van der Waals surface area contributed by atoms with E-state index in [0.29, 0.717) is 10.6 Å². The molecule has 0 radical (unpaired) electrons. The predicted molar refractivity (Wildman–Crippen MR) is 55.3 cm³/mol. The van der Waals surface area contributed by atoms with Crippen LogP contribution in [0.15, 0.2) is 12.1 Å². The number of rotatable bonds is 2. The van der Waals surface area contributed by atoms with E-state index >= 15 is 0 Å². The second-order valence-corrected chi connectivity index (χ2v) is 4.04. The van der Waals surface area contributed by atoms with Gasteiger partial charge < -0.3 is 0 Å². The molecule has 0 aliphatic rings. The van der Waals surface area contributed by atoms with Gasteiger partial charge in [0.15, 0.2) is 5.78 Å². The summed E-state index contributed by atoms with van der Waals surface area (Å²) in [6, 6.07) is 2.89. The molecular weight excluding hydrogens is 203 g/mol. The monoisotopic (exact) mass is 214 g/mol. The molecule has 0 aliphatic carbocycles. The molecule has 14 heavy (non-hydrogen) atoms. The predicted octanol–water partition coefficient (Wildman–Crippen LogP) is 3.63. The van der Waals surface area contributed by atoms with Crippen molar-refractivity contribution < 1.29 is 9.18 Å². The third kappa shape index (κ3) is 2.13. The topological polar surface area (TPSA) is 17.1 Å². The van der Waals surface area contributed by atoms with Crippen molar-refractivity contribution in [2.45, 2.75) is 20.8 Å². The molecule has 0 aliphatic heterocycles. The fourth-order valence-corrected chi connectivity index (χ4v) is 1.49. The molecule has 1 nitrogen and oxygen atoms in total. The molecule has 0 unspecified atom stereocenters. The molecule has 0 atom stereocenters. The summed E-state index contributed by atoms with van der Waals surface area (Å²) in [6.45, 7) is 5.06. The standard InChI is InChI=1S/C11H12ClFO/c1-6(2)11(14)9-5-8(12)4-7(3)10(9)13/h4-6H,1-3H3. The second-order valence-electron chi connectivity index (χ2n) is 3.60. The Morgan fingerprint density at radius 3 is 2.50 bits per heavy atom. The number of carbonyl (C=O) groups excluding carboxylic acids is 1. The first-order valence-corrected chi connectivity index (χ1v) is 4.81. The molecule has 0 N–H and O–H groups in total. The highest BCUT2D eigenvalue weighted by atomic mass is 35.5. The third-order valence-electron chi connectivity index (χ3n) is 2.01. The maximum absolute atomic E-state index is 13.5. The Labute approximate surface area is 87.9 Å². The van der Waals surface area contributed by atoms with Crippen LogP contribution in [0.1, 0.15) is 29.8 Å². The average Bonchev–Trinajstić information content (AvgIpc) is 2.09. The lowest BCUT2D eigenvalue weighted by Crippen LogP contribution is -2.10. The van der Waals surface area contributed by atoms with Gasteiger partial charge in [0.25, 0.3) is 0 Å². The second kappa shape index (κ2) is 4.09. The molecule has 3 heteroatoms. The summed E-state index contributed by atoms with van der Waals surface area (Å²) in [7, 11) is 0. The smallest absolute Gasteiger partial charge is 0.168 e. The summed E-state index contributed by atoms with van der Waals surface area (Å²) in [6.07, 6.45) is 0. The minimum Gasteiger partial charge on any atom is -0.294 e. The summed E-state index contributed by atoms with van der Waals surface area (Å²) < 4.78 is 13.5. The zero-order valence-electron chi connectivity index (χ0n) is 8.40. The molecule has 0 saturated heterocycles. The van der Waals surface area contributed by atoms with Crippen LogP contribution in [0.25, 0.3) is 0 Å². The number of hydrogen-bond acceptors (Lipinski definition) is 1. The van der Waals surface area contributed by atoms with Crippen LogP contribution in [-0.2, 0) is 0 Å². The highest BCUT2D eigenvalue weighted by molar-refractivity contribution is 6.31. The molecule has 1 aromatic rings. The summed E-state index contributed by atoms with van der Waals surface area (Å²) >= 11 is 5.75. The quantitative estimate of drug-likeness (QED) is 0.688. The van der Waals surface area contributed by atoms with E-state index in [-0.39, 0.29) is 17.3 Å². The molecular formula is C11H12ClFO. The maximum atomic E-state index is 13.5. The first kappa shape index (κ1) is 11.2. The Morgan fingerprint density at radius 1 is 1.43 bits per heavy atom. The summed E-state index contributed by atoms with van der Waals surface area (Å²) in [5.41, 5.74) is 0.492.